The molecule has 0 saturated heterocycles. The van der Waals surface area contributed by atoms with Crippen LogP contribution in [-0.4, -0.2) is 69.0 Å². The quantitative estimate of drug-likeness (QED) is 0.325. The van der Waals surface area contributed by atoms with Crippen molar-refractivity contribution < 1.29 is 22.7 Å². The molecule has 192 valence electrons. The fourth-order valence-electron chi connectivity index (χ4n) is 4.40. The van der Waals surface area contributed by atoms with Crippen LogP contribution >= 0.6 is 0 Å². The second-order valence-corrected chi connectivity index (χ2v) is 8.85. The van der Waals surface area contributed by atoms with E-state index in [-0.39, 0.29) is 37.0 Å². The van der Waals surface area contributed by atoms with E-state index in [1.54, 1.807) is 24.2 Å². The fourth-order valence-corrected chi connectivity index (χ4v) is 4.40. The highest BCUT2D eigenvalue weighted by Crippen LogP contribution is 2.39. The largest absolute Gasteiger partial charge is 0.481 e. The lowest BCUT2D eigenvalue weighted by molar-refractivity contribution is -0.141. The third kappa shape index (κ3) is 4.67. The first-order valence-corrected chi connectivity index (χ1v) is 11.4. The number of H-pyrrole nitrogens is 1. The molecule has 0 fully saturated rings. The first-order chi connectivity index (χ1) is 17.0. The summed E-state index contributed by atoms with van der Waals surface area (Å²) in [6, 6.07) is 1.60. The number of aromatic amines is 1. The summed E-state index contributed by atoms with van der Waals surface area (Å²) in [7, 11) is 3.14. The first-order valence-electron chi connectivity index (χ1n) is 11.4. The van der Waals surface area contributed by atoms with Gasteiger partial charge in [0.25, 0.3) is 0 Å². The van der Waals surface area contributed by atoms with Gasteiger partial charge < -0.3 is 14.6 Å². The molecular weight excluding hydrogens is 475 g/mol. The van der Waals surface area contributed by atoms with Gasteiger partial charge in [0.15, 0.2) is 5.69 Å². The summed E-state index contributed by atoms with van der Waals surface area (Å²) in [6.45, 7) is 7.72. The Morgan fingerprint density at radius 3 is 2.72 bits per heavy atom. The number of aryl methyl sites for hydroxylation is 1. The van der Waals surface area contributed by atoms with Gasteiger partial charge in [0, 0.05) is 79.0 Å². The van der Waals surface area contributed by atoms with Gasteiger partial charge in [0.2, 0.25) is 11.8 Å². The number of amides is 1. The van der Waals surface area contributed by atoms with Gasteiger partial charge >= 0.3 is 6.18 Å². The molecule has 3 aromatic heterocycles. The normalized spacial score (nSPS) is 16.4. The minimum Gasteiger partial charge on any atom is -0.481 e. The van der Waals surface area contributed by atoms with Crippen molar-refractivity contribution in [2.75, 3.05) is 20.7 Å². The molecule has 0 aliphatic carbocycles. The molecule has 4 heterocycles. The van der Waals surface area contributed by atoms with E-state index < -0.39 is 11.9 Å². The summed E-state index contributed by atoms with van der Waals surface area (Å²) >= 11 is 0. The molecule has 0 unspecified atom stereocenters. The van der Waals surface area contributed by atoms with E-state index in [1.807, 2.05) is 13.8 Å². The number of alkyl halides is 3. The van der Waals surface area contributed by atoms with Gasteiger partial charge in [-0.2, -0.15) is 23.4 Å². The second-order valence-electron chi connectivity index (χ2n) is 8.85. The number of methoxy groups -OCH3 is 1. The maximum absolute atomic E-state index is 13.9. The van der Waals surface area contributed by atoms with Crippen molar-refractivity contribution >= 4 is 29.2 Å². The minimum atomic E-state index is -4.65. The maximum atomic E-state index is 13.9. The van der Waals surface area contributed by atoms with Gasteiger partial charge in [-0.05, 0) is 26.3 Å². The number of carbonyl (C=O) groups is 1. The number of carbonyl (C=O) groups excluding carboxylic acids is 1. The van der Waals surface area contributed by atoms with Crippen molar-refractivity contribution in [3.8, 4) is 11.1 Å². The van der Waals surface area contributed by atoms with Crippen LogP contribution in [0.25, 0.3) is 27.7 Å². The van der Waals surface area contributed by atoms with Gasteiger partial charge in [0.1, 0.15) is 5.65 Å². The predicted molar refractivity (Wildman–Crippen MR) is 130 cm³/mol. The van der Waals surface area contributed by atoms with Crippen LogP contribution in [0, 0.1) is 0 Å². The van der Waals surface area contributed by atoms with E-state index in [4.69, 9.17) is 4.74 Å². The van der Waals surface area contributed by atoms with E-state index in [0.717, 1.165) is 0 Å². The van der Waals surface area contributed by atoms with Crippen molar-refractivity contribution in [2.24, 2.45) is 5.10 Å². The van der Waals surface area contributed by atoms with Crippen LogP contribution < -0.4 is 0 Å². The summed E-state index contributed by atoms with van der Waals surface area (Å²) in [5.74, 6) is 0.210. The van der Waals surface area contributed by atoms with Gasteiger partial charge in [-0.1, -0.05) is 0 Å². The van der Waals surface area contributed by atoms with E-state index in [0.29, 0.717) is 40.0 Å². The maximum Gasteiger partial charge on any atom is 0.435 e. The molecule has 1 aliphatic heterocycles. The summed E-state index contributed by atoms with van der Waals surface area (Å²) < 4.78 is 48.7. The zero-order chi connectivity index (χ0) is 26.2. The number of rotatable bonds is 4. The van der Waals surface area contributed by atoms with Crippen molar-refractivity contribution in [1.82, 2.24) is 29.7 Å². The van der Waals surface area contributed by atoms with Gasteiger partial charge in [-0.15, -0.1) is 0 Å². The SMILES string of the molecule is C=NN(C)/C(OC)=C1\CN(C(C)C)C(=O)CCCn2cc(c(C(F)(F)F)n2)-c2c[nH]c3ncc1cc23. The molecule has 1 aliphatic rings. The Hall–Kier alpha value is -3.83. The lowest BCUT2D eigenvalue weighted by atomic mass is 10.0. The molecule has 4 bridgehead atoms. The van der Waals surface area contributed by atoms with E-state index in [9.17, 15) is 18.0 Å². The van der Waals surface area contributed by atoms with Gasteiger partial charge in [0.05, 0.1) is 13.7 Å². The zero-order valence-corrected chi connectivity index (χ0v) is 20.6. The number of fused-ring (bicyclic) bond motifs is 4. The second kappa shape index (κ2) is 9.67. The molecule has 0 aromatic carbocycles. The molecule has 4 rings (SSSR count). The molecule has 3 aromatic rings. The number of hydrogen-bond acceptors (Lipinski definition) is 6. The molecule has 12 heteroatoms. The molecule has 1 N–H and O–H groups in total. The summed E-state index contributed by atoms with van der Waals surface area (Å²) in [5, 5.41) is 9.68. The lowest BCUT2D eigenvalue weighted by Crippen LogP contribution is -2.39. The molecule has 1 amide bonds. The Labute approximate surface area is 206 Å². The van der Waals surface area contributed by atoms with Crippen molar-refractivity contribution in [1.29, 1.82) is 0 Å². The highest BCUT2D eigenvalue weighted by Gasteiger charge is 2.38. The number of hydrazone groups is 1. The fraction of sp³-hybridized carbons (Fsp3) is 0.417. The topological polar surface area (TPSA) is 91.6 Å². The molecular formula is C24H28F3N7O2. The molecule has 0 spiro atoms. The Morgan fingerprint density at radius 2 is 2.08 bits per heavy atom. The molecule has 0 atom stereocenters. The molecule has 0 radical (unpaired) electrons. The Bertz CT molecular complexity index is 1320. The molecule has 36 heavy (non-hydrogen) atoms. The zero-order valence-electron chi connectivity index (χ0n) is 20.6. The van der Waals surface area contributed by atoms with Crippen LogP contribution in [-0.2, 0) is 22.3 Å². The van der Waals surface area contributed by atoms with E-state index in [1.165, 1.54) is 29.2 Å². The third-order valence-corrected chi connectivity index (χ3v) is 6.21. The predicted octanol–water partition coefficient (Wildman–Crippen LogP) is 4.34. The highest BCUT2D eigenvalue weighted by molar-refractivity contribution is 5.96. The number of nitrogens with zero attached hydrogens (tertiary/aromatic N) is 6. The first kappa shape index (κ1) is 25.3. The smallest absolute Gasteiger partial charge is 0.435 e. The third-order valence-electron chi connectivity index (χ3n) is 6.21. The van der Waals surface area contributed by atoms with Gasteiger partial charge in [-0.25, -0.2) is 9.99 Å². The van der Waals surface area contributed by atoms with E-state index >= 15 is 0 Å². The summed E-state index contributed by atoms with van der Waals surface area (Å²) in [4.78, 5) is 22.3. The summed E-state index contributed by atoms with van der Waals surface area (Å²) in [6.07, 6.45) is 0.302. The average molecular weight is 504 g/mol. The number of aromatic nitrogens is 4. The Morgan fingerprint density at radius 1 is 1.33 bits per heavy atom. The van der Waals surface area contributed by atoms with Crippen LogP contribution in [0.2, 0.25) is 0 Å². The minimum absolute atomic E-state index is 0.0535. The van der Waals surface area contributed by atoms with Crippen LogP contribution in [0.5, 0.6) is 0 Å². The van der Waals surface area contributed by atoms with Crippen molar-refractivity contribution in [3.63, 3.8) is 0 Å². The number of halogens is 3. The molecule has 9 nitrogen and oxygen atoms in total. The highest BCUT2D eigenvalue weighted by atomic mass is 19.4. The van der Waals surface area contributed by atoms with Crippen LogP contribution in [0.4, 0.5) is 13.2 Å². The molecule has 0 saturated carbocycles. The van der Waals surface area contributed by atoms with Gasteiger partial charge in [-0.3, -0.25) is 9.48 Å². The Balaban J connectivity index is 2.02. The number of nitrogens with one attached hydrogen (secondary N) is 1. The summed E-state index contributed by atoms with van der Waals surface area (Å²) in [5.41, 5.74) is 0.893. The van der Waals surface area contributed by atoms with Crippen molar-refractivity contribution in [3.05, 3.63) is 41.8 Å². The standard InChI is InChI=1S/C24H28F3N7O2/c1-14(2)34-13-18(23(36-5)32(4)28-3)15-9-16-17(11-30-22(16)29-10-15)19-12-33(8-6-7-20(34)35)31-21(19)24(25,26)27/h9-12,14H,3,6-8,13H2,1-2,4-5H3,(H,29,30)/b23-18-. The number of pyridine rings is 1. The Kier molecular flexibility index (Phi) is 6.79. The monoisotopic (exact) mass is 503 g/mol. The van der Waals surface area contributed by atoms with E-state index in [2.05, 4.69) is 26.9 Å². The average Bonchev–Trinajstić information content (AvgIpc) is 3.44. The van der Waals surface area contributed by atoms with Crippen LogP contribution in [0.15, 0.2) is 35.6 Å². The number of hydrogen-bond donors (Lipinski definition) is 1. The van der Waals surface area contributed by atoms with Crippen LogP contribution in [0.1, 0.15) is 37.9 Å². The van der Waals surface area contributed by atoms with Crippen LogP contribution in [0.3, 0.4) is 0 Å². The van der Waals surface area contributed by atoms with Crippen molar-refractivity contribution in [2.45, 2.75) is 45.5 Å². The lowest BCUT2D eigenvalue weighted by Gasteiger charge is -2.30. The number of ether oxygens (including phenoxy) is 1.